The first-order chi connectivity index (χ1) is 6.43. The van der Waals surface area contributed by atoms with Gasteiger partial charge in [-0.1, -0.05) is 0 Å². The molecular formula is C6H5N3NaO5. The van der Waals surface area contributed by atoms with E-state index in [1.165, 1.54) is 0 Å². The van der Waals surface area contributed by atoms with Crippen molar-refractivity contribution in [2.45, 2.75) is 0 Å². The molecule has 0 saturated heterocycles. The van der Waals surface area contributed by atoms with Gasteiger partial charge in [-0.2, -0.15) is 0 Å². The zero-order valence-electron chi connectivity index (χ0n) is 7.71. The van der Waals surface area contributed by atoms with Gasteiger partial charge in [-0.25, -0.2) is 0 Å². The summed E-state index contributed by atoms with van der Waals surface area (Å²) in [5, 5.41) is 29.7. The van der Waals surface area contributed by atoms with Gasteiger partial charge >= 0.3 is 5.69 Å². The summed E-state index contributed by atoms with van der Waals surface area (Å²) >= 11 is 0. The van der Waals surface area contributed by atoms with Crippen molar-refractivity contribution in [2.75, 3.05) is 5.73 Å². The number of benzene rings is 1. The van der Waals surface area contributed by atoms with Crippen molar-refractivity contribution in [1.82, 2.24) is 0 Å². The fourth-order valence-electron chi connectivity index (χ4n) is 0.865. The fraction of sp³-hybridized carbons (Fsp3) is 0. The topological polar surface area (TPSA) is 133 Å². The van der Waals surface area contributed by atoms with Crippen LogP contribution in [0.1, 0.15) is 0 Å². The van der Waals surface area contributed by atoms with Gasteiger partial charge < -0.3 is 10.8 Å². The maximum Gasteiger partial charge on any atom is 0.302 e. The third kappa shape index (κ3) is 2.78. The van der Waals surface area contributed by atoms with Crippen LogP contribution in [0.4, 0.5) is 17.1 Å². The molecule has 0 aliphatic carbocycles. The first-order valence-electron chi connectivity index (χ1n) is 3.34. The van der Waals surface area contributed by atoms with E-state index in [2.05, 4.69) is 0 Å². The van der Waals surface area contributed by atoms with Crippen LogP contribution in [0.15, 0.2) is 12.1 Å². The van der Waals surface area contributed by atoms with Crippen LogP contribution in [0, 0.1) is 20.2 Å². The molecule has 75 valence electrons. The average molecular weight is 222 g/mol. The minimum absolute atomic E-state index is 0. The molecule has 0 bridgehead atoms. The molecule has 15 heavy (non-hydrogen) atoms. The van der Waals surface area contributed by atoms with E-state index in [9.17, 15) is 20.2 Å². The Kier molecular flexibility index (Phi) is 4.46. The third-order valence-corrected chi connectivity index (χ3v) is 1.53. The molecule has 1 aromatic carbocycles. The predicted molar refractivity (Wildman–Crippen MR) is 51.6 cm³/mol. The van der Waals surface area contributed by atoms with Crippen molar-refractivity contribution < 1.29 is 15.0 Å². The Morgan fingerprint density at radius 3 is 2.13 bits per heavy atom. The van der Waals surface area contributed by atoms with Gasteiger partial charge in [0.15, 0.2) is 11.4 Å². The Hall–Kier alpha value is -1.38. The number of aromatic hydroxyl groups is 1. The van der Waals surface area contributed by atoms with Gasteiger partial charge in [-0.3, -0.25) is 20.2 Å². The maximum atomic E-state index is 10.3. The number of nitrogens with two attached hydrogens (primary N) is 1. The van der Waals surface area contributed by atoms with Crippen LogP contribution in [0.2, 0.25) is 0 Å². The molecule has 0 aliphatic heterocycles. The molecule has 1 aromatic rings. The van der Waals surface area contributed by atoms with E-state index in [1.54, 1.807) is 0 Å². The average Bonchev–Trinajstić information content (AvgIpc) is 2.08. The Balaban J connectivity index is 0.00000196. The van der Waals surface area contributed by atoms with Crippen molar-refractivity contribution in [3.05, 3.63) is 32.4 Å². The second-order valence-electron chi connectivity index (χ2n) is 2.41. The molecule has 0 spiro atoms. The van der Waals surface area contributed by atoms with E-state index in [-0.39, 0.29) is 29.6 Å². The molecule has 0 heterocycles. The van der Waals surface area contributed by atoms with Crippen LogP contribution in [0.3, 0.4) is 0 Å². The number of non-ortho nitro benzene ring substituents is 1. The monoisotopic (exact) mass is 222 g/mol. The Morgan fingerprint density at radius 1 is 1.20 bits per heavy atom. The molecule has 0 atom stereocenters. The molecule has 8 nitrogen and oxygen atoms in total. The summed E-state index contributed by atoms with van der Waals surface area (Å²) in [5.41, 5.74) is 3.39. The van der Waals surface area contributed by atoms with Gasteiger partial charge in [0.1, 0.15) is 0 Å². The Bertz CT molecular complexity index is 421. The molecule has 1 radical (unpaired) electrons. The summed E-state index contributed by atoms with van der Waals surface area (Å²) < 4.78 is 0. The SMILES string of the molecule is Nc1c(O)cc([N+](=O)[O-])cc1[N+](=O)[O-].[Na]. The fourth-order valence-corrected chi connectivity index (χ4v) is 0.865. The summed E-state index contributed by atoms with van der Waals surface area (Å²) in [6, 6.07) is 1.44. The number of hydrogen-bond acceptors (Lipinski definition) is 6. The van der Waals surface area contributed by atoms with E-state index >= 15 is 0 Å². The number of hydrogen-bond donors (Lipinski definition) is 2. The van der Waals surface area contributed by atoms with Crippen molar-refractivity contribution in [2.24, 2.45) is 0 Å². The number of nitro benzene ring substituents is 2. The summed E-state index contributed by atoms with van der Waals surface area (Å²) in [6.45, 7) is 0. The van der Waals surface area contributed by atoms with Crippen LogP contribution in [0.5, 0.6) is 5.75 Å². The van der Waals surface area contributed by atoms with Crippen molar-refractivity contribution in [1.29, 1.82) is 0 Å². The first-order valence-corrected chi connectivity index (χ1v) is 3.34. The van der Waals surface area contributed by atoms with Crippen LogP contribution < -0.4 is 5.73 Å². The molecular weight excluding hydrogens is 217 g/mol. The van der Waals surface area contributed by atoms with E-state index < -0.39 is 32.7 Å². The minimum atomic E-state index is -0.901. The molecule has 0 saturated carbocycles. The third-order valence-electron chi connectivity index (χ3n) is 1.53. The number of nitrogens with zero attached hydrogens (tertiary/aromatic N) is 2. The summed E-state index contributed by atoms with van der Waals surface area (Å²) in [7, 11) is 0. The number of nitro groups is 2. The van der Waals surface area contributed by atoms with E-state index in [0.717, 1.165) is 6.07 Å². The molecule has 0 amide bonds. The normalized spacial score (nSPS) is 9.07. The van der Waals surface area contributed by atoms with Gasteiger partial charge in [0, 0.05) is 29.6 Å². The van der Waals surface area contributed by atoms with Crippen molar-refractivity contribution in [3.8, 4) is 5.75 Å². The maximum absolute atomic E-state index is 10.3. The number of anilines is 1. The van der Waals surface area contributed by atoms with E-state index in [0.29, 0.717) is 6.07 Å². The predicted octanol–water partition coefficient (Wildman–Crippen LogP) is 0.410. The summed E-state index contributed by atoms with van der Waals surface area (Å²) in [5.74, 6) is -0.675. The molecule has 9 heteroatoms. The second kappa shape index (κ2) is 4.91. The first kappa shape index (κ1) is 13.6. The van der Waals surface area contributed by atoms with Crippen LogP contribution >= 0.6 is 0 Å². The van der Waals surface area contributed by atoms with Gasteiger partial charge in [-0.15, -0.1) is 0 Å². The van der Waals surface area contributed by atoms with Gasteiger partial charge in [0.2, 0.25) is 0 Å². The Morgan fingerprint density at radius 2 is 1.73 bits per heavy atom. The number of phenolic OH excluding ortho intramolecular Hbond substituents is 1. The second-order valence-corrected chi connectivity index (χ2v) is 2.41. The largest absolute Gasteiger partial charge is 0.505 e. The van der Waals surface area contributed by atoms with Crippen LogP contribution in [-0.4, -0.2) is 44.5 Å². The molecule has 0 aliphatic rings. The smallest absolute Gasteiger partial charge is 0.302 e. The zero-order chi connectivity index (χ0) is 10.9. The number of rotatable bonds is 2. The van der Waals surface area contributed by atoms with Gasteiger partial charge in [0.25, 0.3) is 5.69 Å². The number of phenols is 1. The van der Waals surface area contributed by atoms with Gasteiger partial charge in [-0.05, 0) is 0 Å². The zero-order valence-corrected chi connectivity index (χ0v) is 9.71. The molecule has 0 unspecified atom stereocenters. The van der Waals surface area contributed by atoms with Gasteiger partial charge in [0.05, 0.1) is 22.0 Å². The van der Waals surface area contributed by atoms with Crippen molar-refractivity contribution >= 4 is 46.6 Å². The summed E-state index contributed by atoms with van der Waals surface area (Å²) in [6.07, 6.45) is 0. The molecule has 1 rings (SSSR count). The standard InChI is InChI=1S/C6H5N3O5.Na/c7-6-4(9(13)14)1-3(8(11)12)2-5(6)10;/h1-2,10H,7H2;. The number of nitrogen functional groups attached to an aromatic ring is 1. The summed E-state index contributed by atoms with van der Waals surface area (Å²) in [4.78, 5) is 18.9. The van der Waals surface area contributed by atoms with E-state index in [1.807, 2.05) is 0 Å². The van der Waals surface area contributed by atoms with Crippen molar-refractivity contribution in [3.63, 3.8) is 0 Å². The van der Waals surface area contributed by atoms with Crippen LogP contribution in [0.25, 0.3) is 0 Å². The van der Waals surface area contributed by atoms with Crippen LogP contribution in [-0.2, 0) is 0 Å². The molecule has 0 fully saturated rings. The quantitative estimate of drug-likeness (QED) is 0.245. The Labute approximate surface area is 105 Å². The molecule has 0 aromatic heterocycles. The molecule has 3 N–H and O–H groups in total. The minimum Gasteiger partial charge on any atom is -0.505 e. The van der Waals surface area contributed by atoms with E-state index in [4.69, 9.17) is 10.8 Å².